The predicted molar refractivity (Wildman–Crippen MR) is 113 cm³/mol. The molecule has 16 nitrogen and oxygen atoms in total. The Bertz CT molecular complexity index is 638. The number of hydrogen-bond acceptors (Lipinski definition) is 16. The zero-order valence-corrected chi connectivity index (χ0v) is 20.5. The average Bonchev–Trinajstić information content (AvgIpc) is 3.60. The van der Waals surface area contributed by atoms with E-state index in [1.807, 2.05) is 6.92 Å². The van der Waals surface area contributed by atoms with Crippen molar-refractivity contribution >= 4 is 18.5 Å². The van der Waals surface area contributed by atoms with Crippen LogP contribution in [-0.2, 0) is 61.9 Å². The third-order valence-electron chi connectivity index (χ3n) is 5.04. The highest BCUT2D eigenvalue weighted by atomic mass is 17.2. The Labute approximate surface area is 212 Å². The lowest BCUT2D eigenvalue weighted by Crippen LogP contribution is -2.44. The lowest BCUT2D eigenvalue weighted by atomic mass is 9.92. The molecule has 3 aliphatic rings. The van der Waals surface area contributed by atoms with Crippen LogP contribution in [0.4, 0.5) is 14.4 Å². The first kappa shape index (κ1) is 29.1. The second-order valence-electron chi connectivity index (χ2n) is 8.26. The second-order valence-corrected chi connectivity index (χ2v) is 8.26. The van der Waals surface area contributed by atoms with E-state index >= 15 is 0 Å². The molecule has 0 radical (unpaired) electrons. The monoisotopic (exact) mass is 540 g/mol. The minimum absolute atomic E-state index is 0.0217. The van der Waals surface area contributed by atoms with E-state index in [0.717, 1.165) is 0 Å². The molecule has 0 spiro atoms. The van der Waals surface area contributed by atoms with Crippen molar-refractivity contribution in [2.24, 2.45) is 5.41 Å². The van der Waals surface area contributed by atoms with Gasteiger partial charge in [0.25, 0.3) is 0 Å². The van der Waals surface area contributed by atoms with Crippen molar-refractivity contribution in [1.82, 2.24) is 0 Å². The van der Waals surface area contributed by atoms with Gasteiger partial charge in [0.15, 0.2) is 31.9 Å². The molecule has 0 bridgehead atoms. The molecule has 0 aromatic heterocycles. The first-order valence-corrected chi connectivity index (χ1v) is 11.6. The molecule has 0 aliphatic carbocycles. The van der Waals surface area contributed by atoms with Crippen LogP contribution in [0.2, 0.25) is 0 Å². The van der Waals surface area contributed by atoms with Crippen molar-refractivity contribution in [2.75, 3.05) is 86.3 Å². The lowest BCUT2D eigenvalue weighted by molar-refractivity contribution is -0.371. The van der Waals surface area contributed by atoms with Crippen molar-refractivity contribution in [3.05, 3.63) is 0 Å². The van der Waals surface area contributed by atoms with Gasteiger partial charge in [-0.1, -0.05) is 0 Å². The first-order valence-electron chi connectivity index (χ1n) is 11.6. The maximum Gasteiger partial charge on any atom is 0.508 e. The summed E-state index contributed by atoms with van der Waals surface area (Å²) in [5.41, 5.74) is -0.917. The summed E-state index contributed by atoms with van der Waals surface area (Å²) in [6, 6.07) is 0. The Morgan fingerprint density at radius 2 is 1.00 bits per heavy atom. The van der Waals surface area contributed by atoms with Crippen LogP contribution >= 0.6 is 0 Å². The van der Waals surface area contributed by atoms with E-state index < -0.39 is 42.2 Å². The van der Waals surface area contributed by atoms with Crippen LogP contribution in [0.5, 0.6) is 0 Å². The molecule has 3 heterocycles. The molecule has 3 fully saturated rings. The Morgan fingerprint density at radius 1 is 0.622 bits per heavy atom. The Hall–Kier alpha value is -2.47. The molecule has 0 aromatic rings. The molecule has 3 aliphatic heterocycles. The van der Waals surface area contributed by atoms with Gasteiger partial charge in [0, 0.05) is 6.61 Å². The molecule has 212 valence electrons. The quantitative estimate of drug-likeness (QED) is 0.0523. The van der Waals surface area contributed by atoms with Crippen LogP contribution in [0.15, 0.2) is 0 Å². The van der Waals surface area contributed by atoms with E-state index in [1.54, 1.807) is 0 Å². The summed E-state index contributed by atoms with van der Waals surface area (Å²) in [5.74, 6) is 0. The van der Waals surface area contributed by atoms with Gasteiger partial charge in [-0.2, -0.15) is 0 Å². The number of hydrogen-bond donors (Lipinski definition) is 0. The maximum atomic E-state index is 11.2. The fraction of sp³-hybridized carbons (Fsp3) is 0.857. The molecule has 3 saturated heterocycles. The Morgan fingerprint density at radius 3 is 1.35 bits per heavy atom. The largest absolute Gasteiger partial charge is 0.508 e. The first-order chi connectivity index (χ1) is 18.0. The normalized spacial score (nSPS) is 24.6. The van der Waals surface area contributed by atoms with Crippen molar-refractivity contribution in [2.45, 2.75) is 25.2 Å². The minimum Gasteiger partial charge on any atom is -0.430 e. The molecule has 37 heavy (non-hydrogen) atoms. The van der Waals surface area contributed by atoms with Crippen LogP contribution in [0, 0.1) is 5.41 Å². The smallest absolute Gasteiger partial charge is 0.430 e. The number of carbonyl (C=O) groups excluding carboxylic acids is 3. The summed E-state index contributed by atoms with van der Waals surface area (Å²) < 4.78 is 57.3. The summed E-state index contributed by atoms with van der Waals surface area (Å²) >= 11 is 0. The zero-order valence-electron chi connectivity index (χ0n) is 20.5. The highest BCUT2D eigenvalue weighted by Gasteiger charge is 2.36. The molecule has 16 heteroatoms. The summed E-state index contributed by atoms with van der Waals surface area (Å²) in [6.07, 6.45) is -3.97. The van der Waals surface area contributed by atoms with E-state index in [2.05, 4.69) is 0 Å². The predicted octanol–water partition coefficient (Wildman–Crippen LogP) is 0.545. The van der Waals surface area contributed by atoms with Gasteiger partial charge in [-0.25, -0.2) is 24.2 Å². The minimum atomic E-state index is -0.917. The molecule has 0 saturated carbocycles. The fourth-order valence-corrected chi connectivity index (χ4v) is 3.29. The number of cyclic esters (lactones) is 6. The van der Waals surface area contributed by atoms with E-state index in [0.29, 0.717) is 6.61 Å². The standard InChI is InChI=1S/C21H32O16/c1-2-25-13-33-34-14-29-12-21(9-26-3-15-6-30-18(22)35-15,10-27-4-16-7-31-19(23)36-16)11-28-5-17-8-32-20(24)37-17/h15-17H,2-14H2,1H3. The lowest BCUT2D eigenvalue weighted by Gasteiger charge is -2.33. The molecular formula is C21H32O16. The van der Waals surface area contributed by atoms with Crippen LogP contribution in [0.25, 0.3) is 0 Å². The van der Waals surface area contributed by atoms with Gasteiger partial charge in [0.05, 0.1) is 51.7 Å². The van der Waals surface area contributed by atoms with Gasteiger partial charge in [-0.3, -0.25) is 0 Å². The van der Waals surface area contributed by atoms with Crippen LogP contribution in [0.1, 0.15) is 6.92 Å². The van der Waals surface area contributed by atoms with E-state index in [-0.39, 0.29) is 79.7 Å². The van der Waals surface area contributed by atoms with Crippen LogP contribution < -0.4 is 0 Å². The molecular weight excluding hydrogens is 508 g/mol. The molecule has 3 unspecified atom stereocenters. The summed E-state index contributed by atoms with van der Waals surface area (Å²) in [6.45, 7) is 2.52. The zero-order chi connectivity index (χ0) is 26.3. The third kappa shape index (κ3) is 10.8. The molecule has 0 amide bonds. The molecule has 0 aromatic carbocycles. The van der Waals surface area contributed by atoms with Crippen molar-refractivity contribution in [3.63, 3.8) is 0 Å². The van der Waals surface area contributed by atoms with Gasteiger partial charge >= 0.3 is 18.5 Å². The van der Waals surface area contributed by atoms with Crippen molar-refractivity contribution in [3.8, 4) is 0 Å². The SMILES string of the molecule is CCOCOOCOCC(COCC1COC(=O)O1)(COCC1COC(=O)O1)COCC1COC(=O)O1. The van der Waals surface area contributed by atoms with Gasteiger partial charge in [0.2, 0.25) is 0 Å². The van der Waals surface area contributed by atoms with Crippen molar-refractivity contribution < 1.29 is 76.3 Å². The molecule has 0 N–H and O–H groups in total. The fourth-order valence-electron chi connectivity index (χ4n) is 3.29. The van der Waals surface area contributed by atoms with Crippen LogP contribution in [-0.4, -0.2) is 123 Å². The number of rotatable bonds is 20. The topological polar surface area (TPSA) is 171 Å². The summed E-state index contributed by atoms with van der Waals surface area (Å²) in [5, 5.41) is 0. The van der Waals surface area contributed by atoms with Gasteiger partial charge in [-0.15, -0.1) is 0 Å². The number of carbonyl (C=O) groups is 3. The summed E-state index contributed by atoms with van der Waals surface area (Å²) in [7, 11) is 0. The maximum absolute atomic E-state index is 11.2. The van der Waals surface area contributed by atoms with Gasteiger partial charge in [0.1, 0.15) is 19.8 Å². The third-order valence-corrected chi connectivity index (χ3v) is 5.04. The Kier molecular flexibility index (Phi) is 12.3. The molecule has 3 atom stereocenters. The second kappa shape index (κ2) is 15.7. The molecule has 3 rings (SSSR count). The van der Waals surface area contributed by atoms with Crippen LogP contribution in [0.3, 0.4) is 0 Å². The highest BCUT2D eigenvalue weighted by Crippen LogP contribution is 2.23. The van der Waals surface area contributed by atoms with Gasteiger partial charge in [-0.05, 0) is 6.92 Å². The van der Waals surface area contributed by atoms with E-state index in [1.165, 1.54) is 0 Å². The van der Waals surface area contributed by atoms with E-state index in [9.17, 15) is 14.4 Å². The van der Waals surface area contributed by atoms with Crippen molar-refractivity contribution in [1.29, 1.82) is 0 Å². The Balaban J connectivity index is 1.55. The van der Waals surface area contributed by atoms with Gasteiger partial charge < -0.3 is 52.1 Å². The number of ether oxygens (including phenoxy) is 11. The average molecular weight is 540 g/mol. The summed E-state index contributed by atoms with van der Waals surface area (Å²) in [4.78, 5) is 43.3. The highest BCUT2D eigenvalue weighted by molar-refractivity contribution is 5.62. The van der Waals surface area contributed by atoms with E-state index in [4.69, 9.17) is 61.9 Å².